The molecule has 3 aromatic rings. The van der Waals surface area contributed by atoms with Crippen molar-refractivity contribution in [3.8, 4) is 0 Å². The molecule has 0 unspecified atom stereocenters. The number of carbonyl (C=O) groups excluding carboxylic acids is 1. The number of aromatic nitrogens is 2. The molecule has 1 aliphatic heterocycles. The Hall–Kier alpha value is -2.51. The first kappa shape index (κ1) is 17.9. The van der Waals surface area contributed by atoms with Crippen LogP contribution in [0.25, 0.3) is 10.2 Å². The van der Waals surface area contributed by atoms with Crippen LogP contribution in [0.15, 0.2) is 24.3 Å². The highest BCUT2D eigenvalue weighted by molar-refractivity contribution is 7.21. The number of hydrogen-bond donors (Lipinski definition) is 2. The fourth-order valence-corrected chi connectivity index (χ4v) is 4.35. The number of nitrogens with one attached hydrogen (secondary N) is 1. The average molecular weight is 382 g/mol. The van der Waals surface area contributed by atoms with Gasteiger partial charge in [0, 0.05) is 31.1 Å². The van der Waals surface area contributed by atoms with Crippen LogP contribution in [0, 0.1) is 20.8 Å². The van der Waals surface area contributed by atoms with Crippen molar-refractivity contribution in [3.05, 3.63) is 51.5 Å². The Morgan fingerprint density at radius 1 is 1.22 bits per heavy atom. The zero-order valence-corrected chi connectivity index (χ0v) is 16.6. The molecule has 1 saturated heterocycles. The molecule has 0 aliphatic carbocycles. The van der Waals surface area contributed by atoms with Crippen molar-refractivity contribution < 1.29 is 4.79 Å². The summed E-state index contributed by atoms with van der Waals surface area (Å²) < 4.78 is 0. The molecule has 3 N–H and O–H groups in total. The van der Waals surface area contributed by atoms with Crippen molar-refractivity contribution in [1.82, 2.24) is 20.4 Å². The van der Waals surface area contributed by atoms with E-state index < -0.39 is 0 Å². The minimum Gasteiger partial charge on any atom is -0.397 e. The van der Waals surface area contributed by atoms with Crippen molar-refractivity contribution in [1.29, 1.82) is 0 Å². The van der Waals surface area contributed by atoms with Gasteiger partial charge >= 0.3 is 0 Å². The Labute approximate surface area is 162 Å². The normalized spacial score (nSPS) is 14.6. The molecule has 1 amide bonds. The molecular weight excluding hydrogens is 358 g/mol. The maximum Gasteiger partial charge on any atom is 0.266 e. The molecule has 0 atom stereocenters. The van der Waals surface area contributed by atoms with Crippen LogP contribution in [0.5, 0.6) is 0 Å². The smallest absolute Gasteiger partial charge is 0.266 e. The maximum atomic E-state index is 12.9. The van der Waals surface area contributed by atoms with E-state index in [4.69, 9.17) is 5.73 Å². The van der Waals surface area contributed by atoms with E-state index in [1.165, 1.54) is 22.5 Å². The second kappa shape index (κ2) is 6.90. The van der Waals surface area contributed by atoms with E-state index >= 15 is 0 Å². The minimum absolute atomic E-state index is 0.0130. The number of anilines is 1. The van der Waals surface area contributed by atoms with Crippen LogP contribution in [0.2, 0.25) is 0 Å². The highest BCUT2D eigenvalue weighted by atomic mass is 32.1. The lowest BCUT2D eigenvalue weighted by atomic mass is 10.1. The standard InChI is InChI=1S/C20H23N5OS/c1-11-4-6-14(7-5-11)8-22-15-9-25(10-15)20(26)18-17(21)16-12(2)13(3)23-24-19(16)27-18/h4-7,15,22H,8-10,21H2,1-3H3. The fraction of sp³-hybridized carbons (Fsp3) is 0.350. The Balaban J connectivity index is 1.40. The van der Waals surface area contributed by atoms with Gasteiger partial charge in [-0.2, -0.15) is 5.10 Å². The van der Waals surface area contributed by atoms with Crippen molar-refractivity contribution in [2.75, 3.05) is 18.8 Å². The van der Waals surface area contributed by atoms with E-state index in [9.17, 15) is 4.79 Å². The van der Waals surface area contributed by atoms with Gasteiger partial charge in [0.25, 0.3) is 5.91 Å². The van der Waals surface area contributed by atoms with Crippen LogP contribution in [-0.4, -0.2) is 40.1 Å². The summed E-state index contributed by atoms with van der Waals surface area (Å²) in [6.45, 7) is 8.16. The van der Waals surface area contributed by atoms with Gasteiger partial charge in [-0.15, -0.1) is 16.4 Å². The predicted octanol–water partition coefficient (Wildman–Crippen LogP) is 2.81. The molecule has 1 fully saturated rings. The van der Waals surface area contributed by atoms with Gasteiger partial charge < -0.3 is 16.0 Å². The first-order chi connectivity index (χ1) is 12.9. The molecule has 1 aliphatic rings. The van der Waals surface area contributed by atoms with Crippen molar-refractivity contribution in [3.63, 3.8) is 0 Å². The Bertz CT molecular complexity index is 1010. The van der Waals surface area contributed by atoms with E-state index in [1.807, 2.05) is 18.7 Å². The third kappa shape index (κ3) is 3.28. The van der Waals surface area contributed by atoms with Crippen LogP contribution in [-0.2, 0) is 6.54 Å². The number of nitrogen functional groups attached to an aromatic ring is 1. The van der Waals surface area contributed by atoms with Crippen molar-refractivity contribution in [2.45, 2.75) is 33.4 Å². The number of fused-ring (bicyclic) bond motifs is 1. The zero-order valence-electron chi connectivity index (χ0n) is 15.7. The van der Waals surface area contributed by atoms with E-state index in [0.717, 1.165) is 28.0 Å². The molecular formula is C20H23N5OS. The van der Waals surface area contributed by atoms with Gasteiger partial charge in [-0.3, -0.25) is 4.79 Å². The lowest BCUT2D eigenvalue weighted by Gasteiger charge is -2.39. The summed E-state index contributed by atoms with van der Waals surface area (Å²) in [4.78, 5) is 16.0. The van der Waals surface area contributed by atoms with Gasteiger partial charge in [0.15, 0.2) is 0 Å². The summed E-state index contributed by atoms with van der Waals surface area (Å²) in [6.07, 6.45) is 0. The van der Waals surface area contributed by atoms with E-state index in [1.54, 1.807) is 0 Å². The van der Waals surface area contributed by atoms with E-state index in [-0.39, 0.29) is 5.91 Å². The van der Waals surface area contributed by atoms with Gasteiger partial charge in [0.05, 0.1) is 11.4 Å². The highest BCUT2D eigenvalue weighted by Gasteiger charge is 2.33. The van der Waals surface area contributed by atoms with Gasteiger partial charge in [0.2, 0.25) is 0 Å². The van der Waals surface area contributed by atoms with Gasteiger partial charge in [-0.05, 0) is 31.9 Å². The number of carbonyl (C=O) groups is 1. The van der Waals surface area contributed by atoms with Gasteiger partial charge in [-0.1, -0.05) is 29.8 Å². The first-order valence-corrected chi connectivity index (χ1v) is 9.85. The molecule has 27 heavy (non-hydrogen) atoms. The van der Waals surface area contributed by atoms with Crippen LogP contribution in [0.3, 0.4) is 0 Å². The summed E-state index contributed by atoms with van der Waals surface area (Å²) in [6, 6.07) is 8.81. The van der Waals surface area contributed by atoms with Crippen molar-refractivity contribution >= 4 is 33.1 Å². The number of amides is 1. The number of likely N-dealkylation sites (tertiary alicyclic amines) is 1. The molecule has 0 spiro atoms. The summed E-state index contributed by atoms with van der Waals surface area (Å²) in [5.41, 5.74) is 11.2. The summed E-state index contributed by atoms with van der Waals surface area (Å²) in [5, 5.41) is 12.7. The van der Waals surface area contributed by atoms with Crippen LogP contribution >= 0.6 is 11.3 Å². The molecule has 3 heterocycles. The maximum absolute atomic E-state index is 12.9. The Morgan fingerprint density at radius 3 is 2.63 bits per heavy atom. The third-order valence-electron chi connectivity index (χ3n) is 5.21. The number of thiophene rings is 1. The molecule has 7 heteroatoms. The average Bonchev–Trinajstić information content (AvgIpc) is 2.95. The molecule has 1 aromatic carbocycles. The SMILES string of the molecule is Cc1ccc(CNC2CN(C(=O)c3sc4nnc(C)c(C)c4c3N)C2)cc1. The number of hydrogen-bond acceptors (Lipinski definition) is 6. The first-order valence-electron chi connectivity index (χ1n) is 9.04. The Morgan fingerprint density at radius 2 is 1.93 bits per heavy atom. The molecule has 0 saturated carbocycles. The highest BCUT2D eigenvalue weighted by Crippen LogP contribution is 2.36. The molecule has 2 aromatic heterocycles. The summed E-state index contributed by atoms with van der Waals surface area (Å²) in [7, 11) is 0. The predicted molar refractivity (Wildman–Crippen MR) is 109 cm³/mol. The fourth-order valence-electron chi connectivity index (χ4n) is 3.28. The zero-order chi connectivity index (χ0) is 19.1. The number of benzene rings is 1. The Kier molecular flexibility index (Phi) is 4.57. The monoisotopic (exact) mass is 381 g/mol. The molecule has 0 bridgehead atoms. The molecule has 0 radical (unpaired) electrons. The largest absolute Gasteiger partial charge is 0.397 e. The van der Waals surface area contributed by atoms with Gasteiger partial charge in [-0.25, -0.2) is 0 Å². The van der Waals surface area contributed by atoms with E-state index in [0.29, 0.717) is 29.7 Å². The molecule has 4 rings (SSSR count). The number of aryl methyl sites for hydroxylation is 3. The quantitative estimate of drug-likeness (QED) is 0.726. The number of nitrogens with two attached hydrogens (primary N) is 1. The van der Waals surface area contributed by atoms with Crippen LogP contribution in [0.1, 0.15) is 32.1 Å². The second-order valence-electron chi connectivity index (χ2n) is 7.21. The number of rotatable bonds is 4. The van der Waals surface area contributed by atoms with Gasteiger partial charge in [0.1, 0.15) is 9.71 Å². The van der Waals surface area contributed by atoms with Crippen LogP contribution in [0.4, 0.5) is 5.69 Å². The van der Waals surface area contributed by atoms with E-state index in [2.05, 4.69) is 46.7 Å². The van der Waals surface area contributed by atoms with Crippen molar-refractivity contribution in [2.24, 2.45) is 0 Å². The molecule has 6 nitrogen and oxygen atoms in total. The summed E-state index contributed by atoms with van der Waals surface area (Å²) >= 11 is 1.34. The lowest BCUT2D eigenvalue weighted by Crippen LogP contribution is -2.59. The number of nitrogens with zero attached hydrogens (tertiary/aromatic N) is 3. The third-order valence-corrected chi connectivity index (χ3v) is 6.29. The topological polar surface area (TPSA) is 84.1 Å². The minimum atomic E-state index is -0.0130. The lowest BCUT2D eigenvalue weighted by molar-refractivity contribution is 0.0572. The van der Waals surface area contributed by atoms with Crippen LogP contribution < -0.4 is 11.1 Å². The second-order valence-corrected chi connectivity index (χ2v) is 8.21. The molecule has 140 valence electrons. The summed E-state index contributed by atoms with van der Waals surface area (Å²) in [5.74, 6) is -0.0130.